The van der Waals surface area contributed by atoms with Gasteiger partial charge in [-0.2, -0.15) is 0 Å². The fourth-order valence-electron chi connectivity index (χ4n) is 1.43. The quantitative estimate of drug-likeness (QED) is 0.819. The summed E-state index contributed by atoms with van der Waals surface area (Å²) in [6.45, 7) is 1.13. The molecule has 0 heterocycles. The minimum atomic E-state index is -3.82. The van der Waals surface area contributed by atoms with E-state index in [0.717, 1.165) is 6.92 Å². The average molecular weight is 350 g/mol. The molecule has 0 spiro atoms. The highest BCUT2D eigenvalue weighted by Gasteiger charge is 2.28. The van der Waals surface area contributed by atoms with Gasteiger partial charge in [-0.3, -0.25) is 4.79 Å². The molecule has 8 heteroatoms. The van der Waals surface area contributed by atoms with Gasteiger partial charge in [0.15, 0.2) is 9.84 Å². The summed E-state index contributed by atoms with van der Waals surface area (Å²) >= 11 is 3.10. The van der Waals surface area contributed by atoms with Crippen LogP contribution in [0.1, 0.15) is 6.92 Å². The lowest BCUT2D eigenvalue weighted by atomic mass is 10.3. The Morgan fingerprint density at radius 1 is 1.37 bits per heavy atom. The van der Waals surface area contributed by atoms with Gasteiger partial charge in [0, 0.05) is 11.4 Å². The van der Waals surface area contributed by atoms with Crippen molar-refractivity contribution in [3.05, 3.63) is 28.7 Å². The molecule has 1 amide bonds. The summed E-state index contributed by atoms with van der Waals surface area (Å²) in [6, 6.07) is 4.61. The lowest BCUT2D eigenvalue weighted by Gasteiger charge is -2.14. The predicted octanol–water partition coefficient (Wildman–Crippen LogP) is 0.812. The maximum atomic E-state index is 12.1. The van der Waals surface area contributed by atoms with Crippen LogP contribution in [0.5, 0.6) is 0 Å². The molecule has 1 unspecified atom stereocenters. The van der Waals surface area contributed by atoms with Crippen molar-refractivity contribution in [2.75, 3.05) is 5.75 Å². The van der Waals surface area contributed by atoms with Crippen molar-refractivity contribution in [2.45, 2.75) is 17.9 Å². The second-order valence-corrected chi connectivity index (χ2v) is 6.66. The topological polar surface area (TPSA) is 101 Å². The van der Waals surface area contributed by atoms with Crippen LogP contribution in [0.4, 0.5) is 0 Å². The van der Waals surface area contributed by atoms with Crippen LogP contribution < -0.4 is 5.32 Å². The fourth-order valence-corrected chi connectivity index (χ4v) is 3.95. The van der Waals surface area contributed by atoms with Gasteiger partial charge in [-0.15, -0.1) is 0 Å². The van der Waals surface area contributed by atoms with Crippen molar-refractivity contribution in [3.8, 4) is 0 Å². The zero-order chi connectivity index (χ0) is 14.6. The van der Waals surface area contributed by atoms with E-state index in [2.05, 4.69) is 21.2 Å². The number of carbonyl (C=O) groups excluding carboxylic acids is 1. The summed E-state index contributed by atoms with van der Waals surface area (Å²) in [6.07, 6.45) is 0. The first kappa shape index (κ1) is 15.6. The molecular weight excluding hydrogens is 338 g/mol. The monoisotopic (exact) mass is 349 g/mol. The van der Waals surface area contributed by atoms with Gasteiger partial charge in [0.05, 0.1) is 10.6 Å². The average Bonchev–Trinajstić information content (AvgIpc) is 2.27. The summed E-state index contributed by atoms with van der Waals surface area (Å²) in [5.41, 5.74) is 0. The minimum Gasteiger partial charge on any atom is -0.480 e. The Hall–Kier alpha value is -1.41. The highest BCUT2D eigenvalue weighted by molar-refractivity contribution is 9.10. The molecular formula is C11H12BrNO5S. The first-order valence-electron chi connectivity index (χ1n) is 5.21. The van der Waals surface area contributed by atoms with Crippen LogP contribution in [-0.4, -0.2) is 37.2 Å². The molecule has 0 radical (unpaired) electrons. The van der Waals surface area contributed by atoms with Gasteiger partial charge in [-0.25, -0.2) is 13.2 Å². The number of carboxylic acids is 1. The number of amides is 1. The van der Waals surface area contributed by atoms with Crippen molar-refractivity contribution in [1.82, 2.24) is 5.32 Å². The Labute approximate surface area is 118 Å². The molecule has 0 aliphatic heterocycles. The van der Waals surface area contributed by atoms with Gasteiger partial charge in [0.25, 0.3) is 0 Å². The molecule has 2 N–H and O–H groups in total. The molecule has 0 bridgehead atoms. The number of hydrogen-bond donors (Lipinski definition) is 2. The third-order valence-electron chi connectivity index (χ3n) is 2.23. The molecule has 0 aliphatic rings. The Bertz CT molecular complexity index is 599. The summed E-state index contributed by atoms with van der Waals surface area (Å²) in [7, 11) is -3.82. The fraction of sp³-hybridized carbons (Fsp3) is 0.273. The standard InChI is InChI=1S/C11H12BrNO5S/c1-7(14)13-9(11(15)16)6-19(17,18)10-5-3-2-4-8(10)12/h2-5,9H,6H2,1H3,(H,13,14)(H,15,16). The molecule has 0 saturated carbocycles. The van der Waals surface area contributed by atoms with E-state index in [0.29, 0.717) is 4.47 Å². The number of halogens is 1. The Morgan fingerprint density at radius 2 is 1.95 bits per heavy atom. The largest absolute Gasteiger partial charge is 0.480 e. The van der Waals surface area contributed by atoms with E-state index in [4.69, 9.17) is 5.11 Å². The van der Waals surface area contributed by atoms with Crippen molar-refractivity contribution in [2.24, 2.45) is 0 Å². The summed E-state index contributed by atoms with van der Waals surface area (Å²) in [5, 5.41) is 11.0. The Kier molecular flexibility index (Phi) is 5.07. The number of hydrogen-bond acceptors (Lipinski definition) is 4. The first-order chi connectivity index (χ1) is 8.74. The van der Waals surface area contributed by atoms with Gasteiger partial charge in [-0.1, -0.05) is 12.1 Å². The summed E-state index contributed by atoms with van der Waals surface area (Å²) < 4.78 is 24.6. The van der Waals surface area contributed by atoms with E-state index in [1.165, 1.54) is 12.1 Å². The number of aliphatic carboxylic acids is 1. The maximum Gasteiger partial charge on any atom is 0.327 e. The van der Waals surface area contributed by atoms with Crippen LogP contribution in [0.3, 0.4) is 0 Å². The van der Waals surface area contributed by atoms with Crippen LogP contribution in [0, 0.1) is 0 Å². The molecule has 0 aliphatic carbocycles. The highest BCUT2D eigenvalue weighted by Crippen LogP contribution is 2.22. The third-order valence-corrected chi connectivity index (χ3v) is 4.99. The van der Waals surface area contributed by atoms with Gasteiger partial charge in [0.1, 0.15) is 6.04 Å². The molecule has 1 aromatic carbocycles. The first-order valence-corrected chi connectivity index (χ1v) is 7.66. The SMILES string of the molecule is CC(=O)NC(CS(=O)(=O)c1ccccc1Br)C(=O)O. The number of nitrogens with one attached hydrogen (secondary N) is 1. The lowest BCUT2D eigenvalue weighted by molar-refractivity contribution is -0.140. The highest BCUT2D eigenvalue weighted by atomic mass is 79.9. The second-order valence-electron chi connectivity index (χ2n) is 3.80. The normalized spacial score (nSPS) is 12.7. The summed E-state index contributed by atoms with van der Waals surface area (Å²) in [5.74, 6) is -2.70. The van der Waals surface area contributed by atoms with E-state index in [-0.39, 0.29) is 4.90 Å². The number of carbonyl (C=O) groups is 2. The van der Waals surface area contributed by atoms with E-state index < -0.39 is 33.5 Å². The van der Waals surface area contributed by atoms with Crippen molar-refractivity contribution < 1.29 is 23.1 Å². The van der Waals surface area contributed by atoms with Crippen LogP contribution >= 0.6 is 15.9 Å². The van der Waals surface area contributed by atoms with Crippen molar-refractivity contribution >= 4 is 37.6 Å². The molecule has 1 atom stereocenters. The molecule has 0 aromatic heterocycles. The Balaban J connectivity index is 3.04. The number of sulfone groups is 1. The molecule has 19 heavy (non-hydrogen) atoms. The van der Waals surface area contributed by atoms with Gasteiger partial charge >= 0.3 is 5.97 Å². The van der Waals surface area contributed by atoms with Crippen molar-refractivity contribution in [1.29, 1.82) is 0 Å². The minimum absolute atomic E-state index is 0.00778. The second kappa shape index (κ2) is 6.16. The van der Waals surface area contributed by atoms with Gasteiger partial charge < -0.3 is 10.4 Å². The third kappa shape index (κ3) is 4.32. The molecule has 6 nitrogen and oxygen atoms in total. The van der Waals surface area contributed by atoms with Crippen LogP contribution in [0.2, 0.25) is 0 Å². The predicted molar refractivity (Wildman–Crippen MR) is 71.4 cm³/mol. The zero-order valence-electron chi connectivity index (χ0n) is 9.96. The lowest BCUT2D eigenvalue weighted by Crippen LogP contribution is -2.44. The molecule has 1 aromatic rings. The maximum absolute atomic E-state index is 12.1. The van der Waals surface area contributed by atoms with Gasteiger partial charge in [0.2, 0.25) is 5.91 Å². The van der Waals surface area contributed by atoms with E-state index in [9.17, 15) is 18.0 Å². The van der Waals surface area contributed by atoms with Crippen molar-refractivity contribution in [3.63, 3.8) is 0 Å². The smallest absolute Gasteiger partial charge is 0.327 e. The number of carboxylic acid groups (broad SMARTS) is 1. The number of rotatable bonds is 5. The van der Waals surface area contributed by atoms with Gasteiger partial charge in [-0.05, 0) is 28.1 Å². The number of benzene rings is 1. The molecule has 1 rings (SSSR count). The van der Waals surface area contributed by atoms with E-state index in [1.54, 1.807) is 12.1 Å². The molecule has 0 saturated heterocycles. The van der Waals surface area contributed by atoms with E-state index >= 15 is 0 Å². The molecule has 104 valence electrons. The zero-order valence-corrected chi connectivity index (χ0v) is 12.4. The van der Waals surface area contributed by atoms with Crippen LogP contribution in [0.15, 0.2) is 33.6 Å². The Morgan fingerprint density at radius 3 is 2.42 bits per heavy atom. The van der Waals surface area contributed by atoms with Crippen LogP contribution in [0.25, 0.3) is 0 Å². The summed E-state index contributed by atoms with van der Waals surface area (Å²) in [4.78, 5) is 21.8. The van der Waals surface area contributed by atoms with E-state index in [1.807, 2.05) is 0 Å². The molecule has 0 fully saturated rings. The van der Waals surface area contributed by atoms with Crippen LogP contribution in [-0.2, 0) is 19.4 Å².